The quantitative estimate of drug-likeness (QED) is 0.544. The molecule has 0 aliphatic rings. The number of rotatable bonds is 6. The average molecular weight is 405 g/mol. The van der Waals surface area contributed by atoms with Crippen molar-refractivity contribution in [2.24, 2.45) is 0 Å². The molecular weight excluding hydrogens is 384 g/mol. The monoisotopic (exact) mass is 404 g/mol. The normalized spacial score (nSPS) is 12.3. The van der Waals surface area contributed by atoms with E-state index in [-0.39, 0.29) is 22.4 Å². The van der Waals surface area contributed by atoms with Crippen molar-refractivity contribution in [3.8, 4) is 0 Å². The van der Waals surface area contributed by atoms with Gasteiger partial charge in [-0.05, 0) is 28.7 Å². The summed E-state index contributed by atoms with van der Waals surface area (Å²) in [6.07, 6.45) is -0.323. The summed E-state index contributed by atoms with van der Waals surface area (Å²) in [7, 11) is 0. The Bertz CT molecular complexity index is 904. The Morgan fingerprint density at radius 3 is 2.29 bits per heavy atom. The zero-order valence-corrected chi connectivity index (χ0v) is 16.5. The second-order valence-electron chi connectivity index (χ2n) is 7.42. The molecular formula is C20H21ClN2O5. The Balaban J connectivity index is 2.29. The van der Waals surface area contributed by atoms with E-state index in [0.29, 0.717) is 5.56 Å². The Kier molecular flexibility index (Phi) is 6.41. The molecule has 1 atom stereocenters. The summed E-state index contributed by atoms with van der Waals surface area (Å²) in [5, 5.41) is 22.8. The molecule has 2 rings (SSSR count). The number of nitrogens with one attached hydrogen (secondary N) is 1. The van der Waals surface area contributed by atoms with Crippen LogP contribution in [0.2, 0.25) is 5.02 Å². The lowest BCUT2D eigenvalue weighted by Crippen LogP contribution is -2.30. The van der Waals surface area contributed by atoms with Crippen LogP contribution in [0.3, 0.4) is 0 Å². The Hall–Kier alpha value is -2.93. The van der Waals surface area contributed by atoms with Gasteiger partial charge in [-0.15, -0.1) is 0 Å². The SMILES string of the molecule is CC(C)(C)c1ccc([C@@H](CC(=O)O)NC(=O)c2ccc(Cl)c([N+](=O)[O-])c2)cc1. The minimum Gasteiger partial charge on any atom is -0.481 e. The molecule has 0 bridgehead atoms. The maximum Gasteiger partial charge on any atom is 0.305 e. The molecule has 0 heterocycles. The summed E-state index contributed by atoms with van der Waals surface area (Å²) in [6.45, 7) is 6.18. The average Bonchev–Trinajstić information content (AvgIpc) is 2.60. The molecule has 8 heteroatoms. The number of hydrogen-bond acceptors (Lipinski definition) is 4. The van der Waals surface area contributed by atoms with Crippen molar-refractivity contribution in [1.29, 1.82) is 0 Å². The molecule has 1 amide bonds. The van der Waals surface area contributed by atoms with Crippen molar-refractivity contribution in [3.63, 3.8) is 0 Å². The smallest absolute Gasteiger partial charge is 0.305 e. The number of carbonyl (C=O) groups is 2. The van der Waals surface area contributed by atoms with Gasteiger partial charge in [-0.25, -0.2) is 0 Å². The lowest BCUT2D eigenvalue weighted by Gasteiger charge is -2.22. The van der Waals surface area contributed by atoms with Gasteiger partial charge >= 0.3 is 5.97 Å². The number of nitro groups is 1. The van der Waals surface area contributed by atoms with E-state index in [2.05, 4.69) is 26.1 Å². The first-order valence-electron chi connectivity index (χ1n) is 8.56. The maximum absolute atomic E-state index is 12.6. The van der Waals surface area contributed by atoms with E-state index in [4.69, 9.17) is 11.6 Å². The molecule has 2 aromatic carbocycles. The standard InChI is InChI=1S/C20H21ClN2O5/c1-20(2,3)14-7-4-12(5-8-14)16(11-18(24)25)22-19(26)13-6-9-15(21)17(10-13)23(27)28/h4-10,16H,11H2,1-3H3,(H,22,26)(H,24,25)/t16-/m1/s1. The Labute approximate surface area is 167 Å². The highest BCUT2D eigenvalue weighted by Gasteiger charge is 2.22. The lowest BCUT2D eigenvalue weighted by atomic mass is 9.86. The number of halogens is 1. The summed E-state index contributed by atoms with van der Waals surface area (Å²) >= 11 is 5.77. The zero-order valence-electron chi connectivity index (χ0n) is 15.7. The second kappa shape index (κ2) is 8.39. The van der Waals surface area contributed by atoms with E-state index in [1.807, 2.05) is 12.1 Å². The van der Waals surface area contributed by atoms with Gasteiger partial charge in [0, 0.05) is 11.6 Å². The minimum atomic E-state index is -1.08. The summed E-state index contributed by atoms with van der Waals surface area (Å²) in [5.41, 5.74) is 1.28. The van der Waals surface area contributed by atoms with Crippen LogP contribution in [0.25, 0.3) is 0 Å². The third-order valence-corrected chi connectivity index (χ3v) is 4.59. The fourth-order valence-corrected chi connectivity index (χ4v) is 2.86. The van der Waals surface area contributed by atoms with Crippen LogP contribution in [0.4, 0.5) is 5.69 Å². The van der Waals surface area contributed by atoms with Gasteiger partial charge in [-0.2, -0.15) is 0 Å². The van der Waals surface area contributed by atoms with E-state index in [1.54, 1.807) is 12.1 Å². The number of nitro benzene ring substituents is 1. The number of carboxylic acids is 1. The first-order chi connectivity index (χ1) is 13.0. The third kappa shape index (κ3) is 5.29. The zero-order chi connectivity index (χ0) is 21.1. The van der Waals surface area contributed by atoms with Crippen molar-refractivity contribution >= 4 is 29.2 Å². The molecule has 28 heavy (non-hydrogen) atoms. The lowest BCUT2D eigenvalue weighted by molar-refractivity contribution is -0.384. The molecule has 0 saturated carbocycles. The fraction of sp³-hybridized carbons (Fsp3) is 0.300. The number of amides is 1. The first-order valence-corrected chi connectivity index (χ1v) is 8.94. The molecule has 148 valence electrons. The third-order valence-electron chi connectivity index (χ3n) is 4.27. The van der Waals surface area contributed by atoms with Crippen LogP contribution >= 0.6 is 11.6 Å². The van der Waals surface area contributed by atoms with Gasteiger partial charge < -0.3 is 10.4 Å². The molecule has 0 aromatic heterocycles. The minimum absolute atomic E-state index is 0.0257. The number of carboxylic acid groups (broad SMARTS) is 1. The molecule has 0 aliphatic carbocycles. The van der Waals surface area contributed by atoms with Crippen molar-refractivity contribution in [3.05, 3.63) is 74.3 Å². The predicted octanol–water partition coefficient (Wildman–Crippen LogP) is 4.49. The van der Waals surface area contributed by atoms with Crippen molar-refractivity contribution < 1.29 is 19.6 Å². The predicted molar refractivity (Wildman–Crippen MR) is 106 cm³/mol. The summed E-state index contributed by atoms with van der Waals surface area (Å²) < 4.78 is 0. The number of carbonyl (C=O) groups excluding carboxylic acids is 1. The largest absolute Gasteiger partial charge is 0.481 e. The first kappa shape index (κ1) is 21.4. The summed E-state index contributed by atoms with van der Waals surface area (Å²) in [6, 6.07) is 10.2. The molecule has 0 fully saturated rings. The van der Waals surface area contributed by atoms with Crippen molar-refractivity contribution in [1.82, 2.24) is 5.32 Å². The van der Waals surface area contributed by atoms with E-state index in [0.717, 1.165) is 11.6 Å². The summed E-state index contributed by atoms with van der Waals surface area (Å²) in [5.74, 6) is -1.70. The molecule has 7 nitrogen and oxygen atoms in total. The van der Waals surface area contributed by atoms with Crippen LogP contribution in [-0.4, -0.2) is 21.9 Å². The van der Waals surface area contributed by atoms with Gasteiger partial charge in [-0.1, -0.05) is 56.6 Å². The van der Waals surface area contributed by atoms with Gasteiger partial charge in [0.05, 0.1) is 17.4 Å². The molecule has 2 N–H and O–H groups in total. The number of benzene rings is 2. The topological polar surface area (TPSA) is 110 Å². The highest BCUT2D eigenvalue weighted by atomic mass is 35.5. The van der Waals surface area contributed by atoms with Gasteiger partial charge in [0.15, 0.2) is 0 Å². The molecule has 0 aliphatic heterocycles. The van der Waals surface area contributed by atoms with Gasteiger partial charge in [0.1, 0.15) is 5.02 Å². The van der Waals surface area contributed by atoms with Gasteiger partial charge in [0.25, 0.3) is 11.6 Å². The van der Waals surface area contributed by atoms with Crippen LogP contribution in [0.15, 0.2) is 42.5 Å². The maximum atomic E-state index is 12.6. The highest BCUT2D eigenvalue weighted by molar-refractivity contribution is 6.32. The number of hydrogen-bond donors (Lipinski definition) is 2. The molecule has 0 radical (unpaired) electrons. The Morgan fingerprint density at radius 1 is 1.18 bits per heavy atom. The summed E-state index contributed by atoms with van der Waals surface area (Å²) in [4.78, 5) is 34.1. The Morgan fingerprint density at radius 2 is 1.79 bits per heavy atom. The van der Waals surface area contributed by atoms with E-state index in [1.165, 1.54) is 12.1 Å². The van der Waals surface area contributed by atoms with Crippen molar-refractivity contribution in [2.45, 2.75) is 38.6 Å². The van der Waals surface area contributed by atoms with Gasteiger partial charge in [0.2, 0.25) is 0 Å². The second-order valence-corrected chi connectivity index (χ2v) is 7.83. The van der Waals surface area contributed by atoms with Gasteiger partial charge in [-0.3, -0.25) is 19.7 Å². The van der Waals surface area contributed by atoms with Crippen LogP contribution in [-0.2, 0) is 10.2 Å². The highest BCUT2D eigenvalue weighted by Crippen LogP contribution is 2.27. The molecule has 0 saturated heterocycles. The van der Waals surface area contributed by atoms with E-state index >= 15 is 0 Å². The molecule has 2 aromatic rings. The van der Waals surface area contributed by atoms with E-state index < -0.39 is 28.5 Å². The van der Waals surface area contributed by atoms with Crippen LogP contribution in [0.1, 0.15) is 54.7 Å². The van der Waals surface area contributed by atoms with E-state index in [9.17, 15) is 24.8 Å². The molecule has 0 unspecified atom stereocenters. The van der Waals surface area contributed by atoms with Crippen LogP contribution in [0, 0.1) is 10.1 Å². The number of nitrogens with zero attached hydrogens (tertiary/aromatic N) is 1. The number of aliphatic carboxylic acids is 1. The molecule has 0 spiro atoms. The van der Waals surface area contributed by atoms with Crippen LogP contribution < -0.4 is 5.32 Å². The van der Waals surface area contributed by atoms with Crippen LogP contribution in [0.5, 0.6) is 0 Å². The van der Waals surface area contributed by atoms with Crippen molar-refractivity contribution in [2.75, 3.05) is 0 Å². The fourth-order valence-electron chi connectivity index (χ4n) is 2.68.